The molecule has 0 saturated carbocycles. The Kier molecular flexibility index (Phi) is 8.18. The van der Waals surface area contributed by atoms with Crippen molar-refractivity contribution in [2.45, 2.75) is 12.8 Å². The van der Waals surface area contributed by atoms with E-state index in [1.807, 2.05) is 48.5 Å². The van der Waals surface area contributed by atoms with Crippen LogP contribution in [0.1, 0.15) is 17.0 Å². The van der Waals surface area contributed by atoms with Crippen LogP contribution in [-0.2, 0) is 11.2 Å². The zero-order chi connectivity index (χ0) is 21.9. The molecule has 1 heterocycles. The highest BCUT2D eigenvalue weighted by atomic mass is 32.1. The maximum Gasteiger partial charge on any atom is 0.247 e. The minimum atomic E-state index is -0.296. The summed E-state index contributed by atoms with van der Waals surface area (Å²) in [5, 5.41) is 12.3. The number of hydrogen-bond donors (Lipinski definition) is 2. The number of hydrogen-bond acceptors (Lipinski definition) is 9. The van der Waals surface area contributed by atoms with E-state index in [0.717, 1.165) is 5.56 Å². The summed E-state index contributed by atoms with van der Waals surface area (Å²) in [6.45, 7) is 1.01. The van der Waals surface area contributed by atoms with Gasteiger partial charge in [0.05, 0.1) is 33.0 Å². The smallest absolute Gasteiger partial charge is 0.247 e. The number of methoxy groups -OCH3 is 1. The van der Waals surface area contributed by atoms with Gasteiger partial charge < -0.3 is 19.9 Å². The summed E-state index contributed by atoms with van der Waals surface area (Å²) >= 11 is 1.17. The lowest BCUT2D eigenvalue weighted by Gasteiger charge is -2.11. The first kappa shape index (κ1) is 22.0. The molecule has 0 aliphatic carbocycles. The molecule has 162 valence electrons. The lowest BCUT2D eigenvalue weighted by molar-refractivity contribution is -0.120. The molecule has 3 N–H and O–H groups in total. The molecule has 0 aliphatic heterocycles. The average molecular weight is 442 g/mol. The molecule has 9 nitrogen and oxygen atoms in total. The number of aromatic nitrogens is 2. The van der Waals surface area contributed by atoms with Gasteiger partial charge in [0.1, 0.15) is 10.8 Å². The van der Waals surface area contributed by atoms with Crippen molar-refractivity contribution in [3.8, 4) is 17.2 Å². The van der Waals surface area contributed by atoms with Gasteiger partial charge in [0.25, 0.3) is 0 Å². The van der Waals surface area contributed by atoms with E-state index in [9.17, 15) is 4.79 Å². The fourth-order valence-electron chi connectivity index (χ4n) is 2.55. The number of nitrogens with one attached hydrogen (secondary N) is 1. The summed E-state index contributed by atoms with van der Waals surface area (Å²) in [5.74, 6) is 1.82. The number of carbonyl (C=O) groups is 1. The second kappa shape index (κ2) is 11.5. The highest BCUT2D eigenvalue weighted by molar-refractivity contribution is 7.15. The van der Waals surface area contributed by atoms with Crippen LogP contribution >= 0.6 is 11.3 Å². The molecule has 2 aromatic carbocycles. The van der Waals surface area contributed by atoms with Crippen molar-refractivity contribution in [2.24, 2.45) is 5.10 Å². The van der Waals surface area contributed by atoms with Gasteiger partial charge in [-0.15, -0.1) is 10.2 Å². The molecule has 0 radical (unpaired) electrons. The van der Waals surface area contributed by atoms with E-state index < -0.39 is 0 Å². The van der Waals surface area contributed by atoms with Gasteiger partial charge in [-0.3, -0.25) is 4.79 Å². The van der Waals surface area contributed by atoms with E-state index in [1.54, 1.807) is 13.3 Å². The number of rotatable bonds is 11. The number of nitrogen functional groups attached to an aromatic ring is 1. The average Bonchev–Trinajstić information content (AvgIpc) is 3.18. The van der Waals surface area contributed by atoms with Crippen LogP contribution in [-0.4, -0.2) is 42.6 Å². The van der Waals surface area contributed by atoms with Gasteiger partial charge in [-0.1, -0.05) is 35.6 Å². The number of anilines is 1. The Bertz CT molecular complexity index is 1020. The normalized spacial score (nSPS) is 10.7. The number of benzene rings is 2. The van der Waals surface area contributed by atoms with Gasteiger partial charge in [-0.05, 0) is 29.8 Å². The van der Waals surface area contributed by atoms with Crippen molar-refractivity contribution in [3.05, 3.63) is 59.1 Å². The third-order valence-electron chi connectivity index (χ3n) is 3.94. The van der Waals surface area contributed by atoms with Gasteiger partial charge in [0.2, 0.25) is 11.0 Å². The summed E-state index contributed by atoms with van der Waals surface area (Å²) in [4.78, 5) is 11.9. The zero-order valence-corrected chi connectivity index (χ0v) is 17.8. The predicted octanol–water partition coefficient (Wildman–Crippen LogP) is 2.67. The number of nitrogens with two attached hydrogens (primary N) is 1. The highest BCUT2D eigenvalue weighted by Crippen LogP contribution is 2.25. The molecule has 0 aliphatic rings. The highest BCUT2D eigenvalue weighted by Gasteiger charge is 2.07. The Morgan fingerprint density at radius 1 is 1.13 bits per heavy atom. The van der Waals surface area contributed by atoms with E-state index >= 15 is 0 Å². The standard InChI is InChI=1S/C21H23N5O4S/c1-28-17-8-2-3-9-18(17)30-11-5-10-29-16-7-4-6-15(12-16)14-23-24-19(27)13-20-25-26-21(22)31-20/h2-4,6-9,12,14H,5,10-11,13H2,1H3,(H2,22,26)(H,24,27)/b23-14+. The van der Waals surface area contributed by atoms with Crippen LogP contribution in [0.3, 0.4) is 0 Å². The van der Waals surface area contributed by atoms with E-state index in [0.29, 0.717) is 47.0 Å². The van der Waals surface area contributed by atoms with Gasteiger partial charge in [0.15, 0.2) is 11.5 Å². The Labute approximate surface area is 183 Å². The number of hydrazone groups is 1. The summed E-state index contributed by atoms with van der Waals surface area (Å²) in [6, 6.07) is 14.9. The summed E-state index contributed by atoms with van der Waals surface area (Å²) in [7, 11) is 1.61. The van der Waals surface area contributed by atoms with Gasteiger partial charge in [-0.25, -0.2) is 5.43 Å². The molecule has 10 heteroatoms. The molecule has 0 saturated heterocycles. The second-order valence-corrected chi connectivity index (χ2v) is 7.37. The molecule has 3 aromatic rings. The molecule has 31 heavy (non-hydrogen) atoms. The van der Waals surface area contributed by atoms with Crippen LogP contribution in [0.15, 0.2) is 53.6 Å². The zero-order valence-electron chi connectivity index (χ0n) is 17.0. The third-order valence-corrected chi connectivity index (χ3v) is 4.69. The Balaban J connectivity index is 1.39. The van der Waals surface area contributed by atoms with Crippen LogP contribution in [0.2, 0.25) is 0 Å². The fraction of sp³-hybridized carbons (Fsp3) is 0.238. The largest absolute Gasteiger partial charge is 0.493 e. The molecular weight excluding hydrogens is 418 g/mol. The number of ether oxygens (including phenoxy) is 3. The summed E-state index contributed by atoms with van der Waals surface area (Å²) in [6.07, 6.45) is 2.33. The van der Waals surface area contributed by atoms with Crippen molar-refractivity contribution in [3.63, 3.8) is 0 Å². The Morgan fingerprint density at radius 2 is 1.94 bits per heavy atom. The van der Waals surface area contributed by atoms with Gasteiger partial charge in [-0.2, -0.15) is 5.10 Å². The minimum absolute atomic E-state index is 0.0757. The van der Waals surface area contributed by atoms with E-state index in [1.165, 1.54) is 11.3 Å². The van der Waals surface area contributed by atoms with Gasteiger partial charge >= 0.3 is 0 Å². The fourth-order valence-corrected chi connectivity index (χ4v) is 3.16. The second-order valence-electron chi connectivity index (χ2n) is 6.28. The summed E-state index contributed by atoms with van der Waals surface area (Å²) in [5.41, 5.74) is 8.74. The van der Waals surface area contributed by atoms with E-state index in [-0.39, 0.29) is 12.3 Å². The quantitative estimate of drug-likeness (QED) is 0.267. The van der Waals surface area contributed by atoms with Crippen molar-refractivity contribution in [2.75, 3.05) is 26.1 Å². The van der Waals surface area contributed by atoms with E-state index in [4.69, 9.17) is 19.9 Å². The molecule has 0 fully saturated rings. The van der Waals surface area contributed by atoms with Crippen molar-refractivity contribution >= 4 is 28.6 Å². The lowest BCUT2D eigenvalue weighted by atomic mass is 10.2. The SMILES string of the molecule is COc1ccccc1OCCCOc1cccc(/C=N/NC(=O)Cc2nnc(N)s2)c1. The van der Waals surface area contributed by atoms with Crippen LogP contribution in [0.5, 0.6) is 17.2 Å². The molecule has 0 unspecified atom stereocenters. The predicted molar refractivity (Wildman–Crippen MR) is 119 cm³/mol. The first-order valence-corrected chi connectivity index (χ1v) is 10.3. The van der Waals surface area contributed by atoms with Crippen LogP contribution < -0.4 is 25.4 Å². The maximum atomic E-state index is 11.9. The first-order chi connectivity index (χ1) is 15.1. The third kappa shape index (κ3) is 7.27. The monoisotopic (exact) mass is 441 g/mol. The maximum absolute atomic E-state index is 11.9. The van der Waals surface area contributed by atoms with Crippen molar-refractivity contribution in [1.29, 1.82) is 0 Å². The van der Waals surface area contributed by atoms with Crippen molar-refractivity contribution in [1.82, 2.24) is 15.6 Å². The van der Waals surface area contributed by atoms with Crippen LogP contribution in [0, 0.1) is 0 Å². The number of carbonyl (C=O) groups excluding carboxylic acids is 1. The number of amides is 1. The Hall–Kier alpha value is -3.66. The number of para-hydroxylation sites is 2. The topological polar surface area (TPSA) is 121 Å². The summed E-state index contributed by atoms with van der Waals surface area (Å²) < 4.78 is 16.7. The molecule has 1 aromatic heterocycles. The Morgan fingerprint density at radius 3 is 2.71 bits per heavy atom. The molecular formula is C21H23N5O4S. The first-order valence-electron chi connectivity index (χ1n) is 9.52. The molecule has 3 rings (SSSR count). The molecule has 1 amide bonds. The van der Waals surface area contributed by atoms with Gasteiger partial charge in [0, 0.05) is 6.42 Å². The van der Waals surface area contributed by atoms with Crippen molar-refractivity contribution < 1.29 is 19.0 Å². The molecule has 0 atom stereocenters. The minimum Gasteiger partial charge on any atom is -0.493 e. The molecule has 0 bridgehead atoms. The van der Waals surface area contributed by atoms with E-state index in [2.05, 4.69) is 20.7 Å². The van der Waals surface area contributed by atoms with Crippen LogP contribution in [0.4, 0.5) is 5.13 Å². The number of nitrogens with zero attached hydrogens (tertiary/aromatic N) is 3. The molecule has 0 spiro atoms. The van der Waals surface area contributed by atoms with Crippen LogP contribution in [0.25, 0.3) is 0 Å². The lowest BCUT2D eigenvalue weighted by Crippen LogP contribution is -2.19.